The van der Waals surface area contributed by atoms with Crippen molar-refractivity contribution in [2.75, 3.05) is 4.90 Å². The fraction of sp³-hybridized carbons (Fsp3) is 0.0556. The Morgan fingerprint density at radius 3 is 2.54 bits per heavy atom. The molecule has 0 unspecified atom stereocenters. The van der Waals surface area contributed by atoms with Gasteiger partial charge >= 0.3 is 0 Å². The smallest absolute Gasteiger partial charge is 0.270 e. The molecule has 1 heterocycles. The highest BCUT2D eigenvalue weighted by Gasteiger charge is 2.35. The number of thiocarbonyl (C=S) groups is 1. The lowest BCUT2D eigenvalue weighted by molar-refractivity contribution is -0.122. The first-order valence-electron chi connectivity index (χ1n) is 7.44. The predicted molar refractivity (Wildman–Crippen MR) is 111 cm³/mol. The van der Waals surface area contributed by atoms with Gasteiger partial charge in [-0.15, -0.1) is 0 Å². The first-order chi connectivity index (χ1) is 12.3. The van der Waals surface area contributed by atoms with Crippen LogP contribution < -0.4 is 10.2 Å². The molecular weight excluding hydrogens is 484 g/mol. The molecule has 132 valence electrons. The van der Waals surface area contributed by atoms with Gasteiger partial charge in [-0.2, -0.15) is 0 Å². The predicted octanol–water partition coefficient (Wildman–Crippen LogP) is 4.06. The summed E-state index contributed by atoms with van der Waals surface area (Å²) in [6.07, 6.45) is 1.46. The Hall–Kier alpha value is -2.03. The van der Waals surface area contributed by atoms with Crippen LogP contribution >= 0.6 is 44.1 Å². The summed E-state index contributed by atoms with van der Waals surface area (Å²) < 4.78 is 1.34. The number of benzene rings is 2. The van der Waals surface area contributed by atoms with Crippen LogP contribution in [-0.2, 0) is 9.59 Å². The van der Waals surface area contributed by atoms with Crippen LogP contribution in [0.1, 0.15) is 11.1 Å². The number of carbonyl (C=O) groups is 2. The van der Waals surface area contributed by atoms with Gasteiger partial charge in [0.1, 0.15) is 11.3 Å². The maximum Gasteiger partial charge on any atom is 0.270 e. The molecule has 1 aliphatic heterocycles. The number of nitrogens with zero attached hydrogens (tertiary/aromatic N) is 1. The number of halogens is 2. The molecule has 1 saturated heterocycles. The number of rotatable bonds is 2. The van der Waals surface area contributed by atoms with Crippen molar-refractivity contribution in [1.82, 2.24) is 5.32 Å². The summed E-state index contributed by atoms with van der Waals surface area (Å²) in [5.74, 6) is -0.997. The van der Waals surface area contributed by atoms with Crippen molar-refractivity contribution >= 4 is 72.8 Å². The largest absolute Gasteiger partial charge is 0.507 e. The maximum absolute atomic E-state index is 13.0. The molecule has 1 aliphatic rings. The number of nitrogens with one attached hydrogen (secondary N) is 1. The van der Waals surface area contributed by atoms with E-state index < -0.39 is 11.8 Å². The fourth-order valence-corrected chi connectivity index (χ4v) is 3.67. The third kappa shape index (κ3) is 3.58. The molecule has 1 fully saturated rings. The Morgan fingerprint density at radius 1 is 1.15 bits per heavy atom. The molecule has 2 aromatic carbocycles. The molecule has 8 heteroatoms. The molecular formula is C18H12Br2N2O3S. The Morgan fingerprint density at radius 2 is 1.88 bits per heavy atom. The SMILES string of the molecule is Cc1cc(Br)ccc1N1C(=O)C(=Cc2ccc(O)c(Br)c2)C(=O)NC1=S. The van der Waals surface area contributed by atoms with Gasteiger partial charge < -0.3 is 5.11 Å². The van der Waals surface area contributed by atoms with Gasteiger partial charge in [-0.05, 0) is 82.6 Å². The van der Waals surface area contributed by atoms with E-state index in [9.17, 15) is 14.7 Å². The van der Waals surface area contributed by atoms with Crippen LogP contribution in [0.25, 0.3) is 6.08 Å². The van der Waals surface area contributed by atoms with Crippen LogP contribution in [0.2, 0.25) is 0 Å². The Kier molecular flexibility index (Phi) is 5.27. The van der Waals surface area contributed by atoms with Gasteiger partial charge in [0.25, 0.3) is 11.8 Å². The van der Waals surface area contributed by atoms with E-state index in [1.165, 1.54) is 17.0 Å². The van der Waals surface area contributed by atoms with Crippen molar-refractivity contribution in [2.45, 2.75) is 6.92 Å². The van der Waals surface area contributed by atoms with Gasteiger partial charge in [-0.3, -0.25) is 19.8 Å². The second-order valence-corrected chi connectivity index (χ2v) is 7.76. The number of hydrogen-bond acceptors (Lipinski definition) is 4. The second kappa shape index (κ2) is 7.30. The number of amides is 2. The third-order valence-electron chi connectivity index (χ3n) is 3.78. The Bertz CT molecular complexity index is 988. The minimum atomic E-state index is -0.560. The highest BCUT2D eigenvalue weighted by atomic mass is 79.9. The molecule has 26 heavy (non-hydrogen) atoms. The summed E-state index contributed by atoms with van der Waals surface area (Å²) in [5, 5.41) is 12.2. The third-order valence-corrected chi connectivity index (χ3v) is 5.20. The van der Waals surface area contributed by atoms with Gasteiger partial charge in [0.05, 0.1) is 10.2 Å². The highest BCUT2D eigenvalue weighted by molar-refractivity contribution is 9.10. The van der Waals surface area contributed by atoms with Crippen molar-refractivity contribution in [3.05, 3.63) is 62.0 Å². The molecule has 0 spiro atoms. The lowest BCUT2D eigenvalue weighted by Crippen LogP contribution is -2.54. The first kappa shape index (κ1) is 18.8. The van der Waals surface area contributed by atoms with E-state index in [0.29, 0.717) is 15.7 Å². The number of aryl methyl sites for hydroxylation is 1. The van der Waals surface area contributed by atoms with E-state index >= 15 is 0 Å². The van der Waals surface area contributed by atoms with E-state index in [0.717, 1.165) is 10.0 Å². The molecule has 5 nitrogen and oxygen atoms in total. The second-order valence-electron chi connectivity index (χ2n) is 5.60. The highest BCUT2D eigenvalue weighted by Crippen LogP contribution is 2.29. The quantitative estimate of drug-likeness (QED) is 0.374. The molecule has 3 rings (SSSR count). The Balaban J connectivity index is 2.05. The molecule has 0 bridgehead atoms. The molecule has 0 atom stereocenters. The molecule has 0 aliphatic carbocycles. The van der Waals surface area contributed by atoms with Crippen LogP contribution in [0.3, 0.4) is 0 Å². The van der Waals surface area contributed by atoms with Gasteiger partial charge in [0.2, 0.25) is 0 Å². The number of hydrogen-bond donors (Lipinski definition) is 2. The zero-order valence-electron chi connectivity index (χ0n) is 13.4. The van der Waals surface area contributed by atoms with E-state index in [1.807, 2.05) is 13.0 Å². The summed E-state index contributed by atoms with van der Waals surface area (Å²) in [5.41, 5.74) is 1.98. The monoisotopic (exact) mass is 494 g/mol. The fourth-order valence-electron chi connectivity index (χ4n) is 2.53. The Labute approximate surface area is 172 Å². The van der Waals surface area contributed by atoms with E-state index in [-0.39, 0.29) is 16.4 Å². The lowest BCUT2D eigenvalue weighted by atomic mass is 10.1. The molecule has 2 N–H and O–H groups in total. The summed E-state index contributed by atoms with van der Waals surface area (Å²) >= 11 is 11.8. The van der Waals surface area contributed by atoms with Crippen LogP contribution in [0.4, 0.5) is 5.69 Å². The van der Waals surface area contributed by atoms with Gasteiger partial charge in [-0.1, -0.05) is 22.0 Å². The van der Waals surface area contributed by atoms with E-state index in [4.69, 9.17) is 12.2 Å². The zero-order valence-corrected chi connectivity index (χ0v) is 17.4. The normalized spacial score (nSPS) is 16.2. The maximum atomic E-state index is 13.0. The number of carbonyl (C=O) groups excluding carboxylic acids is 2. The van der Waals surface area contributed by atoms with Crippen molar-refractivity contribution in [3.63, 3.8) is 0 Å². The molecule has 2 aromatic rings. The number of anilines is 1. The molecule has 0 saturated carbocycles. The van der Waals surface area contributed by atoms with Crippen LogP contribution in [0.5, 0.6) is 5.75 Å². The van der Waals surface area contributed by atoms with Gasteiger partial charge in [0.15, 0.2) is 5.11 Å². The van der Waals surface area contributed by atoms with Crippen LogP contribution in [0, 0.1) is 6.92 Å². The van der Waals surface area contributed by atoms with Crippen molar-refractivity contribution in [3.8, 4) is 5.75 Å². The van der Waals surface area contributed by atoms with Crippen molar-refractivity contribution < 1.29 is 14.7 Å². The average molecular weight is 496 g/mol. The topological polar surface area (TPSA) is 69.6 Å². The minimum absolute atomic E-state index is 0.0365. The van der Waals surface area contributed by atoms with E-state index in [2.05, 4.69) is 37.2 Å². The lowest BCUT2D eigenvalue weighted by Gasteiger charge is -2.30. The zero-order chi connectivity index (χ0) is 19.0. The summed E-state index contributed by atoms with van der Waals surface area (Å²) in [6, 6.07) is 10.1. The van der Waals surface area contributed by atoms with Gasteiger partial charge in [0, 0.05) is 4.47 Å². The average Bonchev–Trinajstić information content (AvgIpc) is 2.56. The van der Waals surface area contributed by atoms with E-state index in [1.54, 1.807) is 24.3 Å². The van der Waals surface area contributed by atoms with Crippen molar-refractivity contribution in [1.29, 1.82) is 0 Å². The number of phenols is 1. The van der Waals surface area contributed by atoms with Crippen molar-refractivity contribution in [2.24, 2.45) is 0 Å². The van der Waals surface area contributed by atoms with Gasteiger partial charge in [-0.25, -0.2) is 0 Å². The standard InChI is InChI=1S/C18H12Br2N2O3S/c1-9-6-11(19)3-4-14(9)22-17(25)12(16(24)21-18(22)26)7-10-2-5-15(23)13(20)8-10/h2-8,23H,1H3,(H,21,24,26). The molecule has 0 radical (unpaired) electrons. The summed E-state index contributed by atoms with van der Waals surface area (Å²) in [6.45, 7) is 1.85. The molecule has 2 amide bonds. The minimum Gasteiger partial charge on any atom is -0.507 e. The number of phenolic OH excluding ortho intramolecular Hbond substituents is 1. The van der Waals surface area contributed by atoms with Crippen LogP contribution in [-0.4, -0.2) is 22.0 Å². The summed E-state index contributed by atoms with van der Waals surface area (Å²) in [4.78, 5) is 26.6. The number of aromatic hydroxyl groups is 1. The van der Waals surface area contributed by atoms with Crippen LogP contribution in [0.15, 0.2) is 50.9 Å². The molecule has 0 aromatic heterocycles. The summed E-state index contributed by atoms with van der Waals surface area (Å²) in [7, 11) is 0. The first-order valence-corrected chi connectivity index (χ1v) is 9.43.